The Morgan fingerprint density at radius 3 is 2.80 bits per heavy atom. The molecule has 1 heterocycles. The van der Waals surface area contributed by atoms with Crippen LogP contribution in [0.15, 0.2) is 47.6 Å². The number of carbonyl (C=O) groups is 1. The molecule has 1 aromatic carbocycles. The summed E-state index contributed by atoms with van der Waals surface area (Å²) in [6.45, 7) is -0.478. The van der Waals surface area contributed by atoms with E-state index in [1.807, 2.05) is 30.3 Å². The first-order valence-corrected chi connectivity index (χ1v) is 6.90. The highest BCUT2D eigenvalue weighted by molar-refractivity contribution is 8.00. The van der Waals surface area contributed by atoms with E-state index in [4.69, 9.17) is 0 Å². The van der Waals surface area contributed by atoms with Gasteiger partial charge >= 0.3 is 0 Å². The smallest absolute Gasteiger partial charge is 0.257 e. The highest BCUT2D eigenvalue weighted by atomic mass is 32.2. The zero-order valence-electron chi connectivity index (χ0n) is 10.5. The molecule has 0 bridgehead atoms. The largest absolute Gasteiger partial charge is 0.323 e. The number of benzene rings is 1. The molecule has 0 spiro atoms. The summed E-state index contributed by atoms with van der Waals surface area (Å²) in [5, 5.41) is 6.36. The van der Waals surface area contributed by atoms with Crippen molar-refractivity contribution >= 4 is 23.4 Å². The number of hydrogen-bond donors (Lipinski definition) is 1. The number of rotatable bonds is 6. The zero-order valence-corrected chi connectivity index (χ0v) is 11.3. The summed E-state index contributed by atoms with van der Waals surface area (Å²) in [5.41, 5.74) is 0.421. The number of halogens is 2. The van der Waals surface area contributed by atoms with Crippen molar-refractivity contribution in [1.29, 1.82) is 0 Å². The molecule has 0 saturated carbocycles. The fourth-order valence-corrected chi connectivity index (χ4v) is 2.25. The van der Waals surface area contributed by atoms with Crippen molar-refractivity contribution in [2.24, 2.45) is 0 Å². The van der Waals surface area contributed by atoms with Gasteiger partial charge in [0.15, 0.2) is 0 Å². The Kier molecular flexibility index (Phi) is 5.11. The van der Waals surface area contributed by atoms with Crippen LogP contribution in [0.3, 0.4) is 0 Å². The lowest BCUT2D eigenvalue weighted by Gasteiger charge is -2.02. The quantitative estimate of drug-likeness (QED) is 0.834. The molecule has 0 saturated heterocycles. The Balaban J connectivity index is 1.81. The number of thioether (sulfide) groups is 1. The number of amides is 1. The Morgan fingerprint density at radius 2 is 2.10 bits per heavy atom. The van der Waals surface area contributed by atoms with Crippen molar-refractivity contribution in [2.45, 2.75) is 17.9 Å². The van der Waals surface area contributed by atoms with Gasteiger partial charge in [0.2, 0.25) is 5.91 Å². The summed E-state index contributed by atoms with van der Waals surface area (Å²) in [5.74, 6) is 0.0554. The van der Waals surface area contributed by atoms with E-state index in [1.54, 1.807) is 0 Å². The summed E-state index contributed by atoms with van der Waals surface area (Å²) in [4.78, 5) is 12.7. The van der Waals surface area contributed by atoms with E-state index in [0.717, 1.165) is 9.58 Å². The molecule has 0 aliphatic rings. The van der Waals surface area contributed by atoms with Crippen molar-refractivity contribution in [1.82, 2.24) is 9.78 Å². The molecule has 106 valence electrons. The van der Waals surface area contributed by atoms with Crippen molar-refractivity contribution in [3.8, 4) is 0 Å². The molecule has 0 unspecified atom stereocenters. The number of carbonyl (C=O) groups excluding carboxylic acids is 1. The van der Waals surface area contributed by atoms with Gasteiger partial charge in [-0.25, -0.2) is 8.78 Å². The van der Waals surface area contributed by atoms with E-state index >= 15 is 0 Å². The average Bonchev–Trinajstić information content (AvgIpc) is 2.84. The maximum atomic E-state index is 12.1. The molecule has 2 aromatic rings. The molecule has 0 aliphatic carbocycles. The number of hydrogen-bond acceptors (Lipinski definition) is 3. The fraction of sp³-hybridized carbons (Fsp3) is 0.231. The number of nitrogens with one attached hydrogen (secondary N) is 1. The van der Waals surface area contributed by atoms with E-state index < -0.39 is 13.0 Å². The molecule has 0 atom stereocenters. The first kappa shape index (κ1) is 14.5. The van der Waals surface area contributed by atoms with Crippen LogP contribution in [0.5, 0.6) is 0 Å². The van der Waals surface area contributed by atoms with Crippen LogP contribution in [0.4, 0.5) is 14.5 Å². The van der Waals surface area contributed by atoms with Crippen molar-refractivity contribution in [3.63, 3.8) is 0 Å². The lowest BCUT2D eigenvalue weighted by Crippen LogP contribution is -2.13. The molecule has 0 radical (unpaired) electrons. The van der Waals surface area contributed by atoms with Gasteiger partial charge < -0.3 is 5.32 Å². The number of nitrogens with zero attached hydrogens (tertiary/aromatic N) is 2. The van der Waals surface area contributed by atoms with Gasteiger partial charge in [0, 0.05) is 11.1 Å². The number of aromatic nitrogens is 2. The van der Waals surface area contributed by atoms with Gasteiger partial charge in [-0.05, 0) is 12.1 Å². The number of alkyl halides is 2. The van der Waals surface area contributed by atoms with Crippen LogP contribution >= 0.6 is 11.8 Å². The SMILES string of the molecule is O=C(CSc1ccccc1)Nc1cnn(CC(F)F)c1. The highest BCUT2D eigenvalue weighted by Crippen LogP contribution is 2.17. The van der Waals surface area contributed by atoms with Gasteiger partial charge in [-0.2, -0.15) is 5.10 Å². The second-order valence-electron chi connectivity index (χ2n) is 3.99. The molecule has 1 aromatic heterocycles. The molecule has 2 rings (SSSR count). The van der Waals surface area contributed by atoms with Gasteiger partial charge in [0.25, 0.3) is 6.43 Å². The summed E-state index contributed by atoms with van der Waals surface area (Å²) in [6, 6.07) is 9.53. The Bertz CT molecular complexity index is 560. The third-order valence-corrected chi connectivity index (χ3v) is 3.37. The van der Waals surface area contributed by atoms with Crippen LogP contribution in [-0.2, 0) is 11.3 Å². The fourth-order valence-electron chi connectivity index (χ4n) is 1.53. The molecule has 0 aliphatic heterocycles. The average molecular weight is 297 g/mol. The van der Waals surface area contributed by atoms with E-state index in [9.17, 15) is 13.6 Å². The maximum Gasteiger partial charge on any atom is 0.257 e. The predicted octanol–water partition coefficient (Wildman–Crippen LogP) is 2.88. The van der Waals surface area contributed by atoms with E-state index in [0.29, 0.717) is 5.69 Å². The standard InChI is InChI=1S/C13H13F2N3OS/c14-12(15)8-18-7-10(6-16-18)17-13(19)9-20-11-4-2-1-3-5-11/h1-7,12H,8-9H2,(H,17,19). The van der Waals surface area contributed by atoms with E-state index in [1.165, 1.54) is 24.2 Å². The second kappa shape index (κ2) is 7.04. The van der Waals surface area contributed by atoms with Crippen LogP contribution in [0.25, 0.3) is 0 Å². The van der Waals surface area contributed by atoms with Crippen LogP contribution in [0.1, 0.15) is 0 Å². The minimum absolute atomic E-state index is 0.199. The highest BCUT2D eigenvalue weighted by Gasteiger charge is 2.08. The monoisotopic (exact) mass is 297 g/mol. The lowest BCUT2D eigenvalue weighted by molar-refractivity contribution is -0.113. The van der Waals surface area contributed by atoms with Crippen LogP contribution in [0.2, 0.25) is 0 Å². The Hall–Kier alpha value is -1.89. The van der Waals surface area contributed by atoms with Crippen LogP contribution in [-0.4, -0.2) is 27.9 Å². The van der Waals surface area contributed by atoms with Gasteiger partial charge in [0.1, 0.15) is 6.54 Å². The topological polar surface area (TPSA) is 46.9 Å². The minimum atomic E-state index is -2.47. The molecule has 7 heteroatoms. The lowest BCUT2D eigenvalue weighted by atomic mass is 10.4. The van der Waals surface area contributed by atoms with Crippen molar-refractivity contribution in [3.05, 3.63) is 42.7 Å². The molecular formula is C13H13F2N3OS. The predicted molar refractivity (Wildman–Crippen MR) is 74.0 cm³/mol. The van der Waals surface area contributed by atoms with E-state index in [2.05, 4.69) is 10.4 Å². The molecular weight excluding hydrogens is 284 g/mol. The molecule has 0 fully saturated rings. The maximum absolute atomic E-state index is 12.1. The Morgan fingerprint density at radius 1 is 1.35 bits per heavy atom. The third kappa shape index (κ3) is 4.65. The minimum Gasteiger partial charge on any atom is -0.323 e. The van der Waals surface area contributed by atoms with Gasteiger partial charge in [-0.3, -0.25) is 9.48 Å². The third-order valence-electron chi connectivity index (χ3n) is 2.36. The zero-order chi connectivity index (χ0) is 14.4. The number of anilines is 1. The van der Waals surface area contributed by atoms with Gasteiger partial charge in [-0.15, -0.1) is 11.8 Å². The van der Waals surface area contributed by atoms with Gasteiger partial charge in [-0.1, -0.05) is 18.2 Å². The summed E-state index contributed by atoms with van der Waals surface area (Å²) in [6.07, 6.45) is 0.275. The summed E-state index contributed by atoms with van der Waals surface area (Å²) < 4.78 is 25.4. The van der Waals surface area contributed by atoms with Crippen LogP contribution < -0.4 is 5.32 Å². The Labute approximate surface area is 119 Å². The van der Waals surface area contributed by atoms with Crippen LogP contribution in [0, 0.1) is 0 Å². The second-order valence-corrected chi connectivity index (χ2v) is 5.04. The molecule has 1 amide bonds. The summed E-state index contributed by atoms with van der Waals surface area (Å²) >= 11 is 1.41. The molecule has 4 nitrogen and oxygen atoms in total. The summed E-state index contributed by atoms with van der Waals surface area (Å²) in [7, 11) is 0. The normalized spacial score (nSPS) is 10.8. The molecule has 1 N–H and O–H groups in total. The van der Waals surface area contributed by atoms with Crippen molar-refractivity contribution in [2.75, 3.05) is 11.1 Å². The molecule has 20 heavy (non-hydrogen) atoms. The van der Waals surface area contributed by atoms with Gasteiger partial charge in [0.05, 0.1) is 17.6 Å². The first-order valence-electron chi connectivity index (χ1n) is 5.92. The van der Waals surface area contributed by atoms with E-state index in [-0.39, 0.29) is 11.7 Å². The van der Waals surface area contributed by atoms with Crippen molar-refractivity contribution < 1.29 is 13.6 Å². The first-order chi connectivity index (χ1) is 9.63.